The molecule has 1 aliphatic rings. The fourth-order valence-corrected chi connectivity index (χ4v) is 2.27. The van der Waals surface area contributed by atoms with Gasteiger partial charge in [-0.2, -0.15) is 4.98 Å². The van der Waals surface area contributed by atoms with Crippen molar-refractivity contribution in [1.29, 1.82) is 0 Å². The van der Waals surface area contributed by atoms with Gasteiger partial charge in [0, 0.05) is 39.3 Å². The second kappa shape index (κ2) is 6.36. The Morgan fingerprint density at radius 3 is 2.63 bits per heavy atom. The Balaban J connectivity index is 1.90. The Morgan fingerprint density at radius 1 is 1.32 bits per heavy atom. The lowest BCUT2D eigenvalue weighted by Gasteiger charge is -2.36. The second-order valence-corrected chi connectivity index (χ2v) is 5.39. The van der Waals surface area contributed by atoms with E-state index in [1.54, 1.807) is 6.20 Å². The third-order valence-corrected chi connectivity index (χ3v) is 3.48. The van der Waals surface area contributed by atoms with Crippen molar-refractivity contribution in [3.63, 3.8) is 0 Å². The summed E-state index contributed by atoms with van der Waals surface area (Å²) in [5, 5.41) is 0.249. The molecule has 0 bridgehead atoms. The number of hydrogen-bond donors (Lipinski definition) is 1. The van der Waals surface area contributed by atoms with Gasteiger partial charge in [0.1, 0.15) is 0 Å². The fourth-order valence-electron chi connectivity index (χ4n) is 2.14. The van der Waals surface area contributed by atoms with Gasteiger partial charge in [-0.1, -0.05) is 0 Å². The van der Waals surface area contributed by atoms with Crippen molar-refractivity contribution in [2.45, 2.75) is 0 Å². The van der Waals surface area contributed by atoms with Crippen LogP contribution in [-0.2, 0) is 0 Å². The van der Waals surface area contributed by atoms with E-state index in [-0.39, 0.29) is 5.28 Å². The van der Waals surface area contributed by atoms with E-state index in [1.807, 2.05) is 0 Å². The number of aromatic nitrogens is 2. The molecule has 2 N–H and O–H groups in total. The first-order valence-electron chi connectivity index (χ1n) is 6.46. The third kappa shape index (κ3) is 3.92. The summed E-state index contributed by atoms with van der Waals surface area (Å²) in [4.78, 5) is 14.9. The Bertz CT molecular complexity index is 417. The highest BCUT2D eigenvalue weighted by Gasteiger charge is 2.20. The standard InChI is InChI=1S/C12H21ClN6/c1-17(2)3-4-18-5-7-19(8-6-18)11-10(14)9-15-12(13)16-11/h9H,3-8,14H2,1-2H3. The smallest absolute Gasteiger partial charge is 0.224 e. The first-order valence-corrected chi connectivity index (χ1v) is 6.84. The molecule has 7 heteroatoms. The van der Waals surface area contributed by atoms with Gasteiger partial charge < -0.3 is 15.5 Å². The van der Waals surface area contributed by atoms with E-state index in [2.05, 4.69) is 38.8 Å². The summed E-state index contributed by atoms with van der Waals surface area (Å²) in [5.41, 5.74) is 6.50. The number of nitrogens with zero attached hydrogens (tertiary/aromatic N) is 5. The lowest BCUT2D eigenvalue weighted by atomic mass is 10.3. The van der Waals surface area contributed by atoms with Gasteiger partial charge in [-0.05, 0) is 25.7 Å². The summed E-state index contributed by atoms with van der Waals surface area (Å²) in [7, 11) is 4.19. The Labute approximate surface area is 119 Å². The summed E-state index contributed by atoms with van der Waals surface area (Å²) in [6.07, 6.45) is 1.57. The van der Waals surface area contributed by atoms with Crippen molar-refractivity contribution in [3.8, 4) is 0 Å². The summed E-state index contributed by atoms with van der Waals surface area (Å²) in [6.45, 7) is 6.07. The Kier molecular flexibility index (Phi) is 4.79. The zero-order chi connectivity index (χ0) is 13.8. The summed E-state index contributed by atoms with van der Waals surface area (Å²) in [6, 6.07) is 0. The molecular formula is C12H21ClN6. The molecule has 1 aliphatic heterocycles. The molecule has 1 aromatic rings. The number of hydrogen-bond acceptors (Lipinski definition) is 6. The van der Waals surface area contributed by atoms with E-state index in [1.165, 1.54) is 0 Å². The largest absolute Gasteiger partial charge is 0.394 e. The van der Waals surface area contributed by atoms with E-state index in [0.29, 0.717) is 5.69 Å². The molecular weight excluding hydrogens is 264 g/mol. The quantitative estimate of drug-likeness (QED) is 0.808. The van der Waals surface area contributed by atoms with Gasteiger partial charge in [-0.3, -0.25) is 4.90 Å². The van der Waals surface area contributed by atoms with Crippen molar-refractivity contribution < 1.29 is 0 Å². The van der Waals surface area contributed by atoms with E-state index in [4.69, 9.17) is 17.3 Å². The van der Waals surface area contributed by atoms with Gasteiger partial charge in [0.15, 0.2) is 5.82 Å². The molecule has 0 aliphatic carbocycles. The molecule has 19 heavy (non-hydrogen) atoms. The van der Waals surface area contributed by atoms with Crippen LogP contribution in [0, 0.1) is 0 Å². The minimum absolute atomic E-state index is 0.249. The molecule has 0 amide bonds. The number of anilines is 2. The maximum Gasteiger partial charge on any atom is 0.224 e. The monoisotopic (exact) mass is 284 g/mol. The average molecular weight is 285 g/mol. The summed E-state index contributed by atoms with van der Waals surface area (Å²) >= 11 is 5.83. The van der Waals surface area contributed by atoms with Gasteiger partial charge in [0.25, 0.3) is 0 Å². The van der Waals surface area contributed by atoms with Crippen LogP contribution in [0.4, 0.5) is 11.5 Å². The van der Waals surface area contributed by atoms with Gasteiger partial charge >= 0.3 is 0 Å². The zero-order valence-corrected chi connectivity index (χ0v) is 12.3. The molecule has 0 saturated carbocycles. The van der Waals surface area contributed by atoms with E-state index < -0.39 is 0 Å². The van der Waals surface area contributed by atoms with Crippen molar-refractivity contribution in [1.82, 2.24) is 19.8 Å². The molecule has 2 heterocycles. The predicted octanol–water partition coefficient (Wildman–Crippen LogP) is 0.396. The lowest BCUT2D eigenvalue weighted by molar-refractivity contribution is 0.229. The maximum absolute atomic E-state index is 5.91. The van der Waals surface area contributed by atoms with Crippen molar-refractivity contribution in [2.75, 3.05) is 64.0 Å². The predicted molar refractivity (Wildman–Crippen MR) is 78.7 cm³/mol. The van der Waals surface area contributed by atoms with E-state index >= 15 is 0 Å². The van der Waals surface area contributed by atoms with Crippen LogP contribution >= 0.6 is 11.6 Å². The first-order chi connectivity index (χ1) is 9.06. The Hall–Kier alpha value is -1.11. The number of piperazine rings is 1. The van der Waals surface area contributed by atoms with Crippen LogP contribution in [0.1, 0.15) is 0 Å². The molecule has 0 unspecified atom stereocenters. The van der Waals surface area contributed by atoms with Crippen molar-refractivity contribution in [2.24, 2.45) is 0 Å². The van der Waals surface area contributed by atoms with Crippen LogP contribution in [0.15, 0.2) is 6.20 Å². The summed E-state index contributed by atoms with van der Waals surface area (Å²) < 4.78 is 0. The van der Waals surface area contributed by atoms with Gasteiger partial charge in [0.05, 0.1) is 11.9 Å². The first kappa shape index (κ1) is 14.3. The topological polar surface area (TPSA) is 61.5 Å². The molecule has 1 saturated heterocycles. The molecule has 106 valence electrons. The van der Waals surface area contributed by atoms with Crippen LogP contribution in [0.25, 0.3) is 0 Å². The molecule has 0 spiro atoms. The number of halogens is 1. The van der Waals surface area contributed by atoms with Crippen molar-refractivity contribution >= 4 is 23.1 Å². The molecule has 0 atom stereocenters. The highest BCUT2D eigenvalue weighted by atomic mass is 35.5. The van der Waals surface area contributed by atoms with Crippen LogP contribution in [0.5, 0.6) is 0 Å². The molecule has 1 fully saturated rings. The number of nitrogen functional groups attached to an aromatic ring is 1. The second-order valence-electron chi connectivity index (χ2n) is 5.05. The summed E-state index contributed by atoms with van der Waals surface area (Å²) in [5.74, 6) is 0.757. The fraction of sp³-hybridized carbons (Fsp3) is 0.667. The third-order valence-electron chi connectivity index (χ3n) is 3.30. The Morgan fingerprint density at radius 2 is 2.00 bits per heavy atom. The minimum atomic E-state index is 0.249. The van der Waals surface area contributed by atoms with Crippen LogP contribution < -0.4 is 10.6 Å². The van der Waals surface area contributed by atoms with Crippen molar-refractivity contribution in [3.05, 3.63) is 11.5 Å². The van der Waals surface area contributed by atoms with E-state index in [9.17, 15) is 0 Å². The molecule has 6 nitrogen and oxygen atoms in total. The minimum Gasteiger partial charge on any atom is -0.394 e. The van der Waals surface area contributed by atoms with Crippen LogP contribution in [0.2, 0.25) is 5.28 Å². The highest BCUT2D eigenvalue weighted by Crippen LogP contribution is 2.22. The maximum atomic E-state index is 5.91. The van der Waals surface area contributed by atoms with Crippen LogP contribution in [-0.4, -0.2) is 73.1 Å². The average Bonchev–Trinajstić information content (AvgIpc) is 2.40. The molecule has 0 aromatic carbocycles. The molecule has 0 radical (unpaired) electrons. The molecule has 1 aromatic heterocycles. The molecule has 2 rings (SSSR count). The van der Waals surface area contributed by atoms with Crippen LogP contribution in [0.3, 0.4) is 0 Å². The van der Waals surface area contributed by atoms with Gasteiger partial charge in [-0.15, -0.1) is 0 Å². The highest BCUT2D eigenvalue weighted by molar-refractivity contribution is 6.28. The number of rotatable bonds is 4. The SMILES string of the molecule is CN(C)CCN1CCN(c2nc(Cl)ncc2N)CC1. The van der Waals surface area contributed by atoms with E-state index in [0.717, 1.165) is 45.1 Å². The zero-order valence-electron chi connectivity index (χ0n) is 11.5. The lowest BCUT2D eigenvalue weighted by Crippen LogP contribution is -2.48. The normalized spacial score (nSPS) is 17.2. The van der Waals surface area contributed by atoms with Gasteiger partial charge in [0.2, 0.25) is 5.28 Å². The number of likely N-dealkylation sites (N-methyl/N-ethyl adjacent to an activating group) is 1. The van der Waals surface area contributed by atoms with Gasteiger partial charge in [-0.25, -0.2) is 4.98 Å². The number of nitrogens with two attached hydrogens (primary N) is 1.